The summed E-state index contributed by atoms with van der Waals surface area (Å²) >= 11 is 0. The molecule has 1 aliphatic heterocycles. The number of hydrogen-bond acceptors (Lipinski definition) is 4. The van der Waals surface area contributed by atoms with Gasteiger partial charge in [0, 0.05) is 19.2 Å². The molecular formula is C15H23N3O3. The minimum atomic E-state index is -0.195. The number of carbonyl (C=O) groups is 1. The minimum Gasteiger partial charge on any atom is -0.394 e. The molecule has 1 aromatic heterocycles. The molecule has 1 saturated heterocycles. The summed E-state index contributed by atoms with van der Waals surface area (Å²) in [6.45, 7) is 3.18. The molecule has 1 N–H and O–H groups in total. The van der Waals surface area contributed by atoms with Gasteiger partial charge in [0.25, 0.3) is 11.5 Å². The number of carbonyl (C=O) groups excluding carboxylic acids is 1. The van der Waals surface area contributed by atoms with Gasteiger partial charge in [-0.3, -0.25) is 9.59 Å². The number of likely N-dealkylation sites (tertiary alicyclic amines) is 1. The van der Waals surface area contributed by atoms with E-state index in [0.29, 0.717) is 13.1 Å². The van der Waals surface area contributed by atoms with Gasteiger partial charge in [0.1, 0.15) is 5.69 Å². The zero-order valence-corrected chi connectivity index (χ0v) is 12.5. The highest BCUT2D eigenvalue weighted by molar-refractivity contribution is 5.92. The summed E-state index contributed by atoms with van der Waals surface area (Å²) in [4.78, 5) is 26.0. The topological polar surface area (TPSA) is 75.4 Å². The van der Waals surface area contributed by atoms with Crippen molar-refractivity contribution in [3.63, 3.8) is 0 Å². The van der Waals surface area contributed by atoms with Crippen LogP contribution in [-0.2, 0) is 6.54 Å². The highest BCUT2D eigenvalue weighted by Crippen LogP contribution is 2.18. The fourth-order valence-electron chi connectivity index (χ4n) is 2.64. The lowest BCUT2D eigenvalue weighted by Gasteiger charge is -2.34. The Balaban J connectivity index is 2.20. The number of aryl methyl sites for hydroxylation is 1. The molecule has 1 amide bonds. The van der Waals surface area contributed by atoms with Crippen LogP contribution in [0.3, 0.4) is 0 Å². The van der Waals surface area contributed by atoms with E-state index in [4.69, 9.17) is 0 Å². The van der Waals surface area contributed by atoms with E-state index in [2.05, 4.69) is 5.10 Å². The molecule has 1 atom stereocenters. The van der Waals surface area contributed by atoms with Crippen molar-refractivity contribution in [2.45, 2.75) is 51.6 Å². The maximum atomic E-state index is 12.5. The lowest BCUT2D eigenvalue weighted by Crippen LogP contribution is -2.46. The summed E-state index contributed by atoms with van der Waals surface area (Å²) in [5, 5.41) is 13.6. The third-order valence-corrected chi connectivity index (χ3v) is 3.91. The van der Waals surface area contributed by atoms with Crippen molar-refractivity contribution >= 4 is 5.91 Å². The molecule has 0 saturated carbocycles. The molecule has 2 rings (SSSR count). The zero-order valence-electron chi connectivity index (χ0n) is 12.5. The second-order valence-electron chi connectivity index (χ2n) is 5.46. The number of aliphatic hydroxyl groups is 1. The highest BCUT2D eigenvalue weighted by atomic mass is 16.3. The van der Waals surface area contributed by atoms with E-state index < -0.39 is 0 Å². The minimum absolute atomic E-state index is 0.0266. The average Bonchev–Trinajstić information content (AvgIpc) is 2.53. The number of hydrogen-bond donors (Lipinski definition) is 1. The van der Waals surface area contributed by atoms with E-state index in [1.165, 1.54) is 16.8 Å². The van der Waals surface area contributed by atoms with Gasteiger partial charge < -0.3 is 10.0 Å². The molecule has 0 radical (unpaired) electrons. The summed E-state index contributed by atoms with van der Waals surface area (Å²) in [6.07, 6.45) is 4.60. The summed E-state index contributed by atoms with van der Waals surface area (Å²) in [5.74, 6) is -0.195. The summed E-state index contributed by atoms with van der Waals surface area (Å²) in [7, 11) is 0. The van der Waals surface area contributed by atoms with Crippen LogP contribution >= 0.6 is 0 Å². The van der Waals surface area contributed by atoms with Crippen LogP contribution < -0.4 is 5.56 Å². The molecule has 21 heavy (non-hydrogen) atoms. The van der Waals surface area contributed by atoms with Gasteiger partial charge >= 0.3 is 0 Å². The Hall–Kier alpha value is -1.69. The Morgan fingerprint density at radius 1 is 1.43 bits per heavy atom. The predicted octanol–water partition coefficient (Wildman–Crippen LogP) is 1.03. The van der Waals surface area contributed by atoms with Gasteiger partial charge in [-0.1, -0.05) is 13.3 Å². The van der Waals surface area contributed by atoms with E-state index in [0.717, 1.165) is 32.1 Å². The highest BCUT2D eigenvalue weighted by Gasteiger charge is 2.27. The molecule has 6 heteroatoms. The monoisotopic (exact) mass is 293 g/mol. The number of aromatic nitrogens is 2. The van der Waals surface area contributed by atoms with Crippen LogP contribution in [0.15, 0.2) is 16.9 Å². The summed E-state index contributed by atoms with van der Waals surface area (Å²) in [6, 6.07) is 2.74. The van der Waals surface area contributed by atoms with Crippen LogP contribution in [0, 0.1) is 0 Å². The predicted molar refractivity (Wildman–Crippen MR) is 79.2 cm³/mol. The van der Waals surface area contributed by atoms with Crippen molar-refractivity contribution in [1.29, 1.82) is 0 Å². The van der Waals surface area contributed by atoms with Crippen LogP contribution in [0.4, 0.5) is 0 Å². The van der Waals surface area contributed by atoms with E-state index >= 15 is 0 Å². The lowest BCUT2D eigenvalue weighted by atomic mass is 10.0. The Kier molecular flexibility index (Phi) is 5.50. The molecule has 1 aliphatic rings. The summed E-state index contributed by atoms with van der Waals surface area (Å²) < 4.78 is 1.36. The fraction of sp³-hybridized carbons (Fsp3) is 0.667. The number of aliphatic hydroxyl groups excluding tert-OH is 1. The van der Waals surface area contributed by atoms with Gasteiger partial charge in [0.15, 0.2) is 0 Å². The van der Waals surface area contributed by atoms with Gasteiger partial charge in [0.2, 0.25) is 0 Å². The quantitative estimate of drug-likeness (QED) is 0.880. The largest absolute Gasteiger partial charge is 0.394 e. The molecule has 6 nitrogen and oxygen atoms in total. The van der Waals surface area contributed by atoms with Crippen LogP contribution in [-0.4, -0.2) is 44.9 Å². The van der Waals surface area contributed by atoms with Crippen molar-refractivity contribution in [2.24, 2.45) is 0 Å². The Labute approximate surface area is 124 Å². The first-order chi connectivity index (χ1) is 10.2. The van der Waals surface area contributed by atoms with Crippen molar-refractivity contribution < 1.29 is 9.90 Å². The molecule has 0 aromatic carbocycles. The normalized spacial score (nSPS) is 18.8. The second kappa shape index (κ2) is 7.36. The maximum Gasteiger partial charge on any atom is 0.274 e. The van der Waals surface area contributed by atoms with Gasteiger partial charge in [-0.2, -0.15) is 5.10 Å². The second-order valence-corrected chi connectivity index (χ2v) is 5.46. The van der Waals surface area contributed by atoms with E-state index in [9.17, 15) is 14.7 Å². The van der Waals surface area contributed by atoms with Crippen molar-refractivity contribution in [1.82, 2.24) is 14.7 Å². The molecule has 0 spiro atoms. The first kappa shape index (κ1) is 15.7. The van der Waals surface area contributed by atoms with Crippen molar-refractivity contribution in [2.75, 3.05) is 13.2 Å². The van der Waals surface area contributed by atoms with E-state index in [1.54, 1.807) is 4.90 Å². The fourth-order valence-corrected chi connectivity index (χ4v) is 2.64. The molecule has 1 fully saturated rings. The SMILES string of the molecule is CCCCn1nc(C(=O)N2CCCCC2CO)ccc1=O. The van der Waals surface area contributed by atoms with Crippen molar-refractivity contribution in [3.05, 3.63) is 28.2 Å². The smallest absolute Gasteiger partial charge is 0.274 e. The van der Waals surface area contributed by atoms with Gasteiger partial charge in [0.05, 0.1) is 12.6 Å². The number of unbranched alkanes of at least 4 members (excludes halogenated alkanes) is 1. The third-order valence-electron chi connectivity index (χ3n) is 3.91. The third kappa shape index (κ3) is 3.69. The molecule has 2 heterocycles. The Morgan fingerprint density at radius 3 is 2.95 bits per heavy atom. The first-order valence-electron chi connectivity index (χ1n) is 7.67. The van der Waals surface area contributed by atoms with Gasteiger partial charge in [-0.15, -0.1) is 0 Å². The van der Waals surface area contributed by atoms with E-state index in [-0.39, 0.29) is 29.8 Å². The Morgan fingerprint density at radius 2 is 2.24 bits per heavy atom. The standard InChI is InChI=1S/C15H23N3O3/c1-2-3-10-18-14(20)8-7-13(16-18)15(21)17-9-5-4-6-12(17)11-19/h7-8,12,19H,2-6,9-11H2,1H3. The lowest BCUT2D eigenvalue weighted by molar-refractivity contribution is 0.0494. The van der Waals surface area contributed by atoms with Gasteiger partial charge in [-0.05, 0) is 31.7 Å². The molecule has 1 aromatic rings. The molecule has 0 bridgehead atoms. The number of rotatable bonds is 5. The molecule has 0 aliphatic carbocycles. The van der Waals surface area contributed by atoms with Crippen molar-refractivity contribution in [3.8, 4) is 0 Å². The molecule has 1 unspecified atom stereocenters. The van der Waals surface area contributed by atoms with Crippen LogP contribution in [0.5, 0.6) is 0 Å². The van der Waals surface area contributed by atoms with Gasteiger partial charge in [-0.25, -0.2) is 4.68 Å². The number of amides is 1. The first-order valence-corrected chi connectivity index (χ1v) is 7.67. The summed E-state index contributed by atoms with van der Waals surface area (Å²) in [5.41, 5.74) is 0.100. The van der Waals surface area contributed by atoms with E-state index in [1.807, 2.05) is 6.92 Å². The average molecular weight is 293 g/mol. The maximum absolute atomic E-state index is 12.5. The van der Waals surface area contributed by atoms with Crippen LogP contribution in [0.25, 0.3) is 0 Å². The molecule has 116 valence electrons. The Bertz CT molecular complexity index is 541. The number of piperidine rings is 1. The number of nitrogens with zero attached hydrogens (tertiary/aromatic N) is 3. The van der Waals surface area contributed by atoms with Crippen LogP contribution in [0.2, 0.25) is 0 Å². The van der Waals surface area contributed by atoms with Crippen LogP contribution in [0.1, 0.15) is 49.5 Å². The zero-order chi connectivity index (χ0) is 15.2. The molecular weight excluding hydrogens is 270 g/mol.